The van der Waals surface area contributed by atoms with Gasteiger partial charge in [0, 0.05) is 13.1 Å². The van der Waals surface area contributed by atoms with Crippen molar-refractivity contribution in [1.29, 1.82) is 0 Å². The van der Waals surface area contributed by atoms with Crippen molar-refractivity contribution in [2.24, 2.45) is 0 Å². The number of carboxylic acids is 1. The van der Waals surface area contributed by atoms with Gasteiger partial charge in [-0.15, -0.1) is 0 Å². The van der Waals surface area contributed by atoms with Gasteiger partial charge in [0.2, 0.25) is 5.91 Å². The molecule has 1 aliphatic rings. The monoisotopic (exact) mass is 309 g/mol. The normalized spacial score (nSPS) is 15.0. The average molecular weight is 309 g/mol. The van der Waals surface area contributed by atoms with E-state index < -0.39 is 5.97 Å². The van der Waals surface area contributed by atoms with Gasteiger partial charge >= 0.3 is 5.97 Å². The van der Waals surface area contributed by atoms with Crippen molar-refractivity contribution in [3.8, 4) is 0 Å². The zero-order chi connectivity index (χ0) is 15.4. The number of carboxylic acid groups (broad SMARTS) is 1. The SMILES string of the molecule is Cc1nc(C)c(C(=O)O)c(SCC(=O)N2CCCCC2)n1. The number of carbonyl (C=O) groups is 2. The smallest absolute Gasteiger partial charge is 0.340 e. The number of nitrogens with zero attached hydrogens (tertiary/aromatic N) is 3. The lowest BCUT2D eigenvalue weighted by Gasteiger charge is -2.26. The molecule has 0 unspecified atom stereocenters. The molecule has 2 rings (SSSR count). The van der Waals surface area contributed by atoms with E-state index in [1.54, 1.807) is 13.8 Å². The first-order valence-electron chi connectivity index (χ1n) is 6.98. The zero-order valence-electron chi connectivity index (χ0n) is 12.3. The van der Waals surface area contributed by atoms with Gasteiger partial charge in [-0.3, -0.25) is 4.79 Å². The third-order valence-electron chi connectivity index (χ3n) is 3.42. The van der Waals surface area contributed by atoms with Crippen molar-refractivity contribution in [2.45, 2.75) is 38.1 Å². The lowest BCUT2D eigenvalue weighted by atomic mass is 10.1. The molecule has 1 N–H and O–H groups in total. The van der Waals surface area contributed by atoms with Crippen LogP contribution in [0.25, 0.3) is 0 Å². The Hall–Kier alpha value is -1.63. The summed E-state index contributed by atoms with van der Waals surface area (Å²) in [5, 5.41) is 9.64. The van der Waals surface area contributed by atoms with Gasteiger partial charge in [-0.05, 0) is 33.1 Å². The van der Waals surface area contributed by atoms with Crippen LogP contribution in [-0.2, 0) is 4.79 Å². The first-order chi connectivity index (χ1) is 9.99. The maximum Gasteiger partial charge on any atom is 0.340 e. The second-order valence-corrected chi connectivity index (χ2v) is 6.04. The van der Waals surface area contributed by atoms with E-state index in [2.05, 4.69) is 9.97 Å². The van der Waals surface area contributed by atoms with E-state index in [0.717, 1.165) is 25.9 Å². The predicted molar refractivity (Wildman–Crippen MR) is 79.6 cm³/mol. The first-order valence-corrected chi connectivity index (χ1v) is 7.96. The Labute approximate surface area is 128 Å². The highest BCUT2D eigenvalue weighted by molar-refractivity contribution is 8.00. The van der Waals surface area contributed by atoms with Crippen molar-refractivity contribution in [3.05, 3.63) is 17.1 Å². The summed E-state index contributed by atoms with van der Waals surface area (Å²) in [7, 11) is 0. The summed E-state index contributed by atoms with van der Waals surface area (Å²) in [4.78, 5) is 33.5. The minimum Gasteiger partial charge on any atom is -0.478 e. The zero-order valence-corrected chi connectivity index (χ0v) is 13.1. The molecule has 0 atom stereocenters. The fourth-order valence-corrected chi connectivity index (χ4v) is 3.42. The molecule has 0 aromatic carbocycles. The van der Waals surface area contributed by atoms with E-state index in [4.69, 9.17) is 0 Å². The van der Waals surface area contributed by atoms with Crippen molar-refractivity contribution < 1.29 is 14.7 Å². The molecule has 1 fully saturated rings. The number of hydrogen-bond donors (Lipinski definition) is 1. The van der Waals surface area contributed by atoms with Crippen LogP contribution in [0, 0.1) is 13.8 Å². The summed E-state index contributed by atoms with van der Waals surface area (Å²) in [6, 6.07) is 0. The van der Waals surface area contributed by atoms with Gasteiger partial charge in [0.25, 0.3) is 0 Å². The number of thioether (sulfide) groups is 1. The Morgan fingerprint density at radius 2 is 1.86 bits per heavy atom. The molecule has 0 saturated carbocycles. The van der Waals surface area contributed by atoms with E-state index >= 15 is 0 Å². The second kappa shape index (κ2) is 6.89. The van der Waals surface area contributed by atoms with Crippen LogP contribution < -0.4 is 0 Å². The Kier molecular flexibility index (Phi) is 5.17. The van der Waals surface area contributed by atoms with Crippen LogP contribution in [0.5, 0.6) is 0 Å². The highest BCUT2D eigenvalue weighted by atomic mass is 32.2. The van der Waals surface area contributed by atoms with E-state index in [0.29, 0.717) is 16.5 Å². The van der Waals surface area contributed by atoms with Gasteiger partial charge in [-0.1, -0.05) is 11.8 Å². The largest absolute Gasteiger partial charge is 0.478 e. The topological polar surface area (TPSA) is 83.4 Å². The van der Waals surface area contributed by atoms with Gasteiger partial charge in [-0.2, -0.15) is 0 Å². The molecule has 1 aromatic rings. The molecule has 0 radical (unpaired) electrons. The number of rotatable bonds is 4. The minimum atomic E-state index is -1.06. The van der Waals surface area contributed by atoms with Gasteiger partial charge in [0.15, 0.2) is 0 Å². The van der Waals surface area contributed by atoms with Crippen molar-refractivity contribution in [2.75, 3.05) is 18.8 Å². The Bertz CT molecular complexity index is 557. The maximum atomic E-state index is 12.1. The quantitative estimate of drug-likeness (QED) is 0.675. The highest BCUT2D eigenvalue weighted by Crippen LogP contribution is 2.23. The summed E-state index contributed by atoms with van der Waals surface area (Å²) >= 11 is 1.18. The molecule has 0 spiro atoms. The van der Waals surface area contributed by atoms with E-state index in [-0.39, 0.29) is 17.2 Å². The Morgan fingerprint density at radius 1 is 1.19 bits per heavy atom. The number of aryl methyl sites for hydroxylation is 2. The number of piperidine rings is 1. The van der Waals surface area contributed by atoms with Crippen LogP contribution in [0.2, 0.25) is 0 Å². The Balaban J connectivity index is 2.08. The fourth-order valence-electron chi connectivity index (χ4n) is 2.40. The van der Waals surface area contributed by atoms with E-state index in [9.17, 15) is 14.7 Å². The standard InChI is InChI=1S/C14H19N3O3S/c1-9-12(14(19)20)13(16-10(2)15-9)21-8-11(18)17-6-4-3-5-7-17/h3-8H2,1-2H3,(H,19,20). The molecular formula is C14H19N3O3S. The average Bonchev–Trinajstić information content (AvgIpc) is 2.44. The summed E-state index contributed by atoms with van der Waals surface area (Å²) in [5.74, 6) is -0.272. The molecule has 1 saturated heterocycles. The lowest BCUT2D eigenvalue weighted by molar-refractivity contribution is -0.129. The van der Waals surface area contributed by atoms with Gasteiger partial charge in [-0.25, -0.2) is 14.8 Å². The van der Waals surface area contributed by atoms with Crippen LogP contribution in [0.4, 0.5) is 0 Å². The van der Waals surface area contributed by atoms with E-state index in [1.165, 1.54) is 18.2 Å². The van der Waals surface area contributed by atoms with Gasteiger partial charge in [0.05, 0.1) is 11.4 Å². The third kappa shape index (κ3) is 3.93. The summed E-state index contributed by atoms with van der Waals surface area (Å²) in [6.07, 6.45) is 3.26. The molecule has 1 amide bonds. The fraction of sp³-hybridized carbons (Fsp3) is 0.571. The summed E-state index contributed by atoms with van der Waals surface area (Å²) in [5.41, 5.74) is 0.528. The van der Waals surface area contributed by atoms with Crippen LogP contribution in [-0.4, -0.2) is 50.7 Å². The molecule has 1 aromatic heterocycles. The van der Waals surface area contributed by atoms with Crippen molar-refractivity contribution in [3.63, 3.8) is 0 Å². The molecule has 6 nitrogen and oxygen atoms in total. The molecule has 1 aliphatic heterocycles. The van der Waals surface area contributed by atoms with Gasteiger partial charge < -0.3 is 10.0 Å². The number of hydrogen-bond acceptors (Lipinski definition) is 5. The molecular weight excluding hydrogens is 290 g/mol. The molecule has 21 heavy (non-hydrogen) atoms. The molecule has 2 heterocycles. The lowest BCUT2D eigenvalue weighted by Crippen LogP contribution is -2.36. The highest BCUT2D eigenvalue weighted by Gasteiger charge is 2.21. The van der Waals surface area contributed by atoms with Crippen LogP contribution in [0.1, 0.15) is 41.1 Å². The molecule has 0 aliphatic carbocycles. The maximum absolute atomic E-state index is 12.1. The van der Waals surface area contributed by atoms with Crippen molar-refractivity contribution >= 4 is 23.6 Å². The van der Waals surface area contributed by atoms with Crippen molar-refractivity contribution in [1.82, 2.24) is 14.9 Å². The summed E-state index contributed by atoms with van der Waals surface area (Å²) in [6.45, 7) is 4.96. The minimum absolute atomic E-state index is 0.0463. The molecule has 7 heteroatoms. The Morgan fingerprint density at radius 3 is 2.48 bits per heavy atom. The number of carbonyl (C=O) groups excluding carboxylic acids is 1. The predicted octanol–water partition coefficient (Wildman–Crippen LogP) is 1.90. The molecule has 114 valence electrons. The van der Waals surface area contributed by atoms with Crippen LogP contribution in [0.15, 0.2) is 5.03 Å². The van der Waals surface area contributed by atoms with Gasteiger partial charge in [0.1, 0.15) is 16.4 Å². The molecule has 0 bridgehead atoms. The van der Waals surface area contributed by atoms with Crippen LogP contribution in [0.3, 0.4) is 0 Å². The van der Waals surface area contributed by atoms with Crippen LogP contribution >= 0.6 is 11.8 Å². The number of likely N-dealkylation sites (tertiary alicyclic amines) is 1. The number of aromatic carboxylic acids is 1. The third-order valence-corrected chi connectivity index (χ3v) is 4.38. The number of amides is 1. The number of aromatic nitrogens is 2. The summed E-state index contributed by atoms with van der Waals surface area (Å²) < 4.78 is 0. The van der Waals surface area contributed by atoms with E-state index in [1.807, 2.05) is 4.90 Å². The first kappa shape index (κ1) is 15.8. The second-order valence-electron chi connectivity index (χ2n) is 5.07.